The average Bonchev–Trinajstić information content (AvgIpc) is 3.12. The van der Waals surface area contributed by atoms with Crippen molar-refractivity contribution in [1.82, 2.24) is 0 Å². The van der Waals surface area contributed by atoms with E-state index < -0.39 is 48.9 Å². The van der Waals surface area contributed by atoms with Crippen molar-refractivity contribution >= 4 is 18.2 Å². The Hall–Kier alpha value is -1.15. The Labute approximate surface area is 222 Å². The van der Waals surface area contributed by atoms with Crippen LogP contribution < -0.4 is 0 Å². The summed E-state index contributed by atoms with van der Waals surface area (Å²) in [5, 5.41) is 10.8. The highest BCUT2D eigenvalue weighted by molar-refractivity contribution is 7.86. The van der Waals surface area contributed by atoms with E-state index in [9.17, 15) is 13.5 Å². The van der Waals surface area contributed by atoms with Gasteiger partial charge in [0, 0.05) is 21.1 Å². The summed E-state index contributed by atoms with van der Waals surface area (Å²) in [4.78, 5) is 0.0366. The molecule has 1 N–H and O–H groups in total. The molecule has 0 aliphatic carbocycles. The molecule has 9 nitrogen and oxygen atoms in total. The second-order valence-electron chi connectivity index (χ2n) is 11.3. The van der Waals surface area contributed by atoms with Gasteiger partial charge in [-0.1, -0.05) is 49.5 Å². The smallest absolute Gasteiger partial charge is 0.297 e. The second kappa shape index (κ2) is 12.8. The predicted molar refractivity (Wildman–Crippen MR) is 141 cm³/mol. The molecular formula is C26H42O9SSi. The normalized spacial score (nSPS) is 26.9. The number of hydrogen-bond donors (Lipinski definition) is 1. The Bertz CT molecular complexity index is 988. The van der Waals surface area contributed by atoms with Gasteiger partial charge in [0.25, 0.3) is 10.1 Å². The Balaban J connectivity index is 1.54. The third kappa shape index (κ3) is 9.52. The summed E-state index contributed by atoms with van der Waals surface area (Å²) in [6, 6.07) is 7.42. The Morgan fingerprint density at radius 3 is 2.54 bits per heavy atom. The maximum absolute atomic E-state index is 12.5. The van der Waals surface area contributed by atoms with E-state index in [1.807, 2.05) is 32.9 Å². The lowest BCUT2D eigenvalue weighted by atomic mass is 9.95. The van der Waals surface area contributed by atoms with Gasteiger partial charge in [-0.2, -0.15) is 8.42 Å². The number of benzene rings is 1. The zero-order valence-corrected chi connectivity index (χ0v) is 24.5. The molecule has 0 aromatic heterocycles. The minimum Gasteiger partial charge on any atom is -0.388 e. The Morgan fingerprint density at radius 1 is 1.16 bits per heavy atom. The first kappa shape index (κ1) is 30.4. The van der Waals surface area contributed by atoms with Crippen molar-refractivity contribution in [3.05, 3.63) is 42.0 Å². The number of aryl methyl sites for hydroxylation is 1. The van der Waals surface area contributed by atoms with Crippen LogP contribution in [0.3, 0.4) is 0 Å². The summed E-state index contributed by atoms with van der Waals surface area (Å²) in [5.74, 6) is -0.795. The van der Waals surface area contributed by atoms with E-state index in [2.05, 4.69) is 19.6 Å². The molecule has 210 valence electrons. The standard InChI is InChI=1S/C26H42O9SSi/c1-19-9-11-20(12-10-19)36(28,29)32-17-21(27)23-16-24-25(35-26(2,3)34-24)22(33-23)8-7-13-30-18-31-14-15-37(4,5)6/h7-12,21-25,27H,13-18H2,1-6H3/b8-7+/t21-,22+,23-,24-,25+/m1/s1. The van der Waals surface area contributed by atoms with Crippen molar-refractivity contribution in [2.75, 3.05) is 26.6 Å². The van der Waals surface area contributed by atoms with Crippen molar-refractivity contribution in [2.24, 2.45) is 0 Å². The summed E-state index contributed by atoms with van der Waals surface area (Å²) in [7, 11) is -5.14. The molecule has 0 bridgehead atoms. The first-order chi connectivity index (χ1) is 17.3. The van der Waals surface area contributed by atoms with Gasteiger partial charge in [-0.05, 0) is 38.9 Å². The maximum Gasteiger partial charge on any atom is 0.297 e. The highest BCUT2D eigenvalue weighted by Crippen LogP contribution is 2.38. The van der Waals surface area contributed by atoms with Crippen molar-refractivity contribution < 1.29 is 41.4 Å². The average molecular weight is 559 g/mol. The van der Waals surface area contributed by atoms with Crippen LogP contribution in [0.15, 0.2) is 41.3 Å². The van der Waals surface area contributed by atoms with E-state index in [1.54, 1.807) is 12.1 Å². The zero-order valence-electron chi connectivity index (χ0n) is 22.7. The first-order valence-corrected chi connectivity index (χ1v) is 17.8. The van der Waals surface area contributed by atoms with Crippen LogP contribution in [0.4, 0.5) is 0 Å². The van der Waals surface area contributed by atoms with Crippen molar-refractivity contribution in [3.63, 3.8) is 0 Å². The monoisotopic (exact) mass is 558 g/mol. The van der Waals surface area contributed by atoms with E-state index in [1.165, 1.54) is 12.1 Å². The fraction of sp³-hybridized carbons (Fsp3) is 0.692. The van der Waals surface area contributed by atoms with Crippen molar-refractivity contribution in [2.45, 2.75) is 94.1 Å². The lowest BCUT2D eigenvalue weighted by Gasteiger charge is -2.37. The molecule has 0 spiro atoms. The van der Waals surface area contributed by atoms with E-state index in [4.69, 9.17) is 27.9 Å². The molecule has 1 aromatic rings. The van der Waals surface area contributed by atoms with Crippen LogP contribution in [-0.2, 0) is 38.0 Å². The summed E-state index contributed by atoms with van der Waals surface area (Å²) in [5.41, 5.74) is 0.935. The molecule has 2 saturated heterocycles. The van der Waals surface area contributed by atoms with E-state index in [0.717, 1.165) is 11.6 Å². The number of hydrogen-bond acceptors (Lipinski definition) is 9. The molecule has 0 saturated carbocycles. The van der Waals surface area contributed by atoms with Crippen LogP contribution in [-0.4, -0.2) is 84.5 Å². The molecule has 2 aliphatic rings. The van der Waals surface area contributed by atoms with Gasteiger partial charge in [0.15, 0.2) is 5.79 Å². The number of fused-ring (bicyclic) bond motifs is 1. The lowest BCUT2D eigenvalue weighted by molar-refractivity contribution is -0.159. The molecule has 1 aromatic carbocycles. The van der Waals surface area contributed by atoms with Gasteiger partial charge in [-0.3, -0.25) is 4.18 Å². The Morgan fingerprint density at radius 2 is 1.86 bits per heavy atom. The van der Waals surface area contributed by atoms with Crippen molar-refractivity contribution in [1.29, 1.82) is 0 Å². The van der Waals surface area contributed by atoms with Gasteiger partial charge in [-0.15, -0.1) is 0 Å². The third-order valence-corrected chi connectivity index (χ3v) is 9.18. The Kier molecular flexibility index (Phi) is 10.5. The molecular weight excluding hydrogens is 516 g/mol. The van der Waals surface area contributed by atoms with Gasteiger partial charge < -0.3 is 28.8 Å². The number of ether oxygens (including phenoxy) is 5. The molecule has 5 atom stereocenters. The fourth-order valence-corrected chi connectivity index (χ4v) is 5.81. The maximum atomic E-state index is 12.5. The SMILES string of the molecule is Cc1ccc(S(=O)(=O)OC[C@@H](O)[C@H]2C[C@H]3OC(C)(C)O[C@H]3[C@H](/C=C/COCOCC[Si](C)(C)C)O2)cc1. The molecule has 0 radical (unpaired) electrons. The largest absolute Gasteiger partial charge is 0.388 e. The molecule has 11 heteroatoms. The van der Waals surface area contributed by atoms with Gasteiger partial charge in [0.05, 0.1) is 30.3 Å². The van der Waals surface area contributed by atoms with E-state index in [0.29, 0.717) is 19.6 Å². The number of rotatable bonds is 13. The molecule has 3 rings (SSSR count). The highest BCUT2D eigenvalue weighted by atomic mass is 32.2. The van der Waals surface area contributed by atoms with Crippen LogP contribution >= 0.6 is 0 Å². The van der Waals surface area contributed by atoms with E-state index >= 15 is 0 Å². The highest BCUT2D eigenvalue weighted by Gasteiger charge is 2.50. The van der Waals surface area contributed by atoms with Crippen LogP contribution in [0.5, 0.6) is 0 Å². The second-order valence-corrected chi connectivity index (χ2v) is 18.5. The molecule has 2 heterocycles. The summed E-state index contributed by atoms with van der Waals surface area (Å²) >= 11 is 0. The predicted octanol–water partition coefficient (Wildman–Crippen LogP) is 3.62. The molecule has 37 heavy (non-hydrogen) atoms. The molecule has 2 fully saturated rings. The van der Waals surface area contributed by atoms with Gasteiger partial charge in [0.2, 0.25) is 0 Å². The van der Waals surface area contributed by atoms with Gasteiger partial charge in [-0.25, -0.2) is 0 Å². The number of aliphatic hydroxyl groups excluding tert-OH is 1. The van der Waals surface area contributed by atoms with Gasteiger partial charge >= 0.3 is 0 Å². The summed E-state index contributed by atoms with van der Waals surface area (Å²) in [6.45, 7) is 13.2. The molecule has 2 aliphatic heterocycles. The van der Waals surface area contributed by atoms with E-state index in [-0.39, 0.29) is 23.9 Å². The van der Waals surface area contributed by atoms with Crippen LogP contribution in [0.25, 0.3) is 0 Å². The number of aliphatic hydroxyl groups is 1. The van der Waals surface area contributed by atoms with Crippen LogP contribution in [0, 0.1) is 6.92 Å². The minimum absolute atomic E-state index is 0.0366. The molecule has 0 amide bonds. The summed E-state index contributed by atoms with van der Waals surface area (Å²) < 4.78 is 59.5. The third-order valence-electron chi connectivity index (χ3n) is 6.18. The molecule has 0 unspecified atom stereocenters. The quantitative estimate of drug-likeness (QED) is 0.128. The zero-order chi connectivity index (χ0) is 27.3. The van der Waals surface area contributed by atoms with Crippen LogP contribution in [0.2, 0.25) is 25.7 Å². The van der Waals surface area contributed by atoms with Gasteiger partial charge in [0.1, 0.15) is 25.1 Å². The van der Waals surface area contributed by atoms with Crippen molar-refractivity contribution in [3.8, 4) is 0 Å². The topological polar surface area (TPSA) is 110 Å². The minimum atomic E-state index is -4.01. The fourth-order valence-electron chi connectivity index (χ4n) is 4.13. The van der Waals surface area contributed by atoms with Crippen LogP contribution in [0.1, 0.15) is 25.8 Å². The summed E-state index contributed by atoms with van der Waals surface area (Å²) in [6.07, 6.45) is 0.920. The lowest BCUT2D eigenvalue weighted by Crippen LogP contribution is -2.50. The first-order valence-electron chi connectivity index (χ1n) is 12.7.